The fourth-order valence-corrected chi connectivity index (χ4v) is 8.87. The summed E-state index contributed by atoms with van der Waals surface area (Å²) >= 11 is 0. The third-order valence-corrected chi connectivity index (χ3v) is 10.3. The molecule has 6 fully saturated rings. The van der Waals surface area contributed by atoms with Crippen LogP contribution >= 0.6 is 0 Å². The second kappa shape index (κ2) is 5.94. The van der Waals surface area contributed by atoms with Crippen LogP contribution in [0.5, 0.6) is 0 Å². The Hall–Kier alpha value is -0.200. The number of rotatable bonds is 0. The van der Waals surface area contributed by atoms with Gasteiger partial charge in [-0.25, -0.2) is 0 Å². The van der Waals surface area contributed by atoms with Gasteiger partial charge in [0.2, 0.25) is 0 Å². The van der Waals surface area contributed by atoms with E-state index in [2.05, 4.69) is 13.8 Å². The van der Waals surface area contributed by atoms with Crippen molar-refractivity contribution in [2.75, 3.05) is 26.4 Å². The van der Waals surface area contributed by atoms with Crippen molar-refractivity contribution in [3.63, 3.8) is 0 Å². The van der Waals surface area contributed by atoms with Crippen LogP contribution in [-0.2, 0) is 18.9 Å². The van der Waals surface area contributed by atoms with Crippen LogP contribution in [-0.4, -0.2) is 49.2 Å². The third kappa shape index (κ3) is 2.21. The van der Waals surface area contributed by atoms with Crippen LogP contribution in [0.2, 0.25) is 0 Å². The molecule has 4 saturated carbocycles. The summed E-state index contributed by atoms with van der Waals surface area (Å²) in [6.07, 6.45) is 8.27. The molecule has 2 saturated heterocycles. The third-order valence-electron chi connectivity index (χ3n) is 10.3. The van der Waals surface area contributed by atoms with Gasteiger partial charge in [-0.3, -0.25) is 0 Å². The van der Waals surface area contributed by atoms with Gasteiger partial charge in [0, 0.05) is 24.7 Å². The molecule has 0 aromatic heterocycles. The minimum absolute atomic E-state index is 0.0984. The first-order valence-electron chi connectivity index (χ1n) is 11.7. The number of ether oxygens (including phenoxy) is 4. The molecule has 0 radical (unpaired) electrons. The van der Waals surface area contributed by atoms with Crippen LogP contribution in [0.25, 0.3) is 0 Å². The average molecular weight is 393 g/mol. The molecule has 5 nitrogen and oxygen atoms in total. The molecule has 0 aromatic carbocycles. The molecule has 0 unspecified atom stereocenters. The fourth-order valence-electron chi connectivity index (χ4n) is 8.87. The smallest absolute Gasteiger partial charge is 0.174 e. The first-order chi connectivity index (χ1) is 13.4. The summed E-state index contributed by atoms with van der Waals surface area (Å²) in [4.78, 5) is 0. The molecule has 2 heterocycles. The fraction of sp³-hybridized carbons (Fsp3) is 1.00. The largest absolute Gasteiger partial charge is 0.393 e. The van der Waals surface area contributed by atoms with Gasteiger partial charge in [0.1, 0.15) is 0 Å². The Morgan fingerprint density at radius 3 is 2.18 bits per heavy atom. The van der Waals surface area contributed by atoms with Crippen molar-refractivity contribution in [1.82, 2.24) is 0 Å². The standard InChI is InChI=1S/C23H36O5/c1-20-7-8-22(25-9-10-26-22)14-18(20)19(24)13-15-16(20)3-5-21(2)17(15)4-6-23(21)27-11-12-28-23/h15-19,24H,3-14H2,1-2H3/t15-,16+,17+,18-,19+,20-,21+/m1/s1. The normalized spacial score (nSPS) is 53.9. The van der Waals surface area contributed by atoms with Crippen molar-refractivity contribution in [2.24, 2.45) is 34.5 Å². The van der Waals surface area contributed by atoms with Gasteiger partial charge in [0.15, 0.2) is 11.6 Å². The summed E-state index contributed by atoms with van der Waals surface area (Å²) in [5, 5.41) is 11.3. The van der Waals surface area contributed by atoms with Crippen molar-refractivity contribution < 1.29 is 24.1 Å². The highest BCUT2D eigenvalue weighted by Gasteiger charge is 2.69. The minimum atomic E-state index is -0.413. The molecule has 2 aliphatic heterocycles. The molecule has 7 atom stereocenters. The summed E-state index contributed by atoms with van der Waals surface area (Å²) in [5.74, 6) is 1.40. The maximum absolute atomic E-state index is 11.3. The van der Waals surface area contributed by atoms with Gasteiger partial charge >= 0.3 is 0 Å². The van der Waals surface area contributed by atoms with E-state index in [1.54, 1.807) is 0 Å². The highest BCUT2D eigenvalue weighted by Crippen LogP contribution is 2.70. The summed E-state index contributed by atoms with van der Waals surface area (Å²) < 4.78 is 24.6. The molecule has 2 spiro atoms. The Balaban J connectivity index is 1.31. The van der Waals surface area contributed by atoms with E-state index in [4.69, 9.17) is 18.9 Å². The maximum atomic E-state index is 11.3. The summed E-state index contributed by atoms with van der Waals surface area (Å²) in [6.45, 7) is 7.77. The van der Waals surface area contributed by atoms with Crippen LogP contribution in [0, 0.1) is 34.5 Å². The van der Waals surface area contributed by atoms with Crippen molar-refractivity contribution >= 4 is 0 Å². The minimum Gasteiger partial charge on any atom is -0.393 e. The molecular formula is C23H36O5. The van der Waals surface area contributed by atoms with Crippen LogP contribution in [0.3, 0.4) is 0 Å². The van der Waals surface area contributed by atoms with Crippen molar-refractivity contribution in [3.05, 3.63) is 0 Å². The highest BCUT2D eigenvalue weighted by atomic mass is 16.7. The number of fused-ring (bicyclic) bond motifs is 6. The first-order valence-corrected chi connectivity index (χ1v) is 11.7. The molecule has 1 N–H and O–H groups in total. The van der Waals surface area contributed by atoms with Gasteiger partial charge in [0.05, 0.1) is 32.5 Å². The van der Waals surface area contributed by atoms with Gasteiger partial charge in [0.25, 0.3) is 0 Å². The van der Waals surface area contributed by atoms with Gasteiger partial charge in [-0.15, -0.1) is 0 Å². The summed E-state index contributed by atoms with van der Waals surface area (Å²) in [5.41, 5.74) is 0.290. The summed E-state index contributed by atoms with van der Waals surface area (Å²) in [7, 11) is 0. The lowest BCUT2D eigenvalue weighted by molar-refractivity contribution is -0.269. The molecule has 6 aliphatic rings. The number of aliphatic hydroxyl groups is 1. The van der Waals surface area contributed by atoms with Crippen LogP contribution in [0.4, 0.5) is 0 Å². The lowest BCUT2D eigenvalue weighted by Gasteiger charge is -2.63. The Morgan fingerprint density at radius 2 is 1.43 bits per heavy atom. The van der Waals surface area contributed by atoms with E-state index < -0.39 is 5.79 Å². The molecular weight excluding hydrogens is 356 g/mol. The predicted molar refractivity (Wildman–Crippen MR) is 102 cm³/mol. The Labute approximate surface area is 168 Å². The molecule has 0 aromatic rings. The summed E-state index contributed by atoms with van der Waals surface area (Å²) in [6, 6.07) is 0. The zero-order chi connectivity index (χ0) is 19.2. The van der Waals surface area contributed by atoms with E-state index in [0.717, 1.165) is 45.3 Å². The lowest BCUT2D eigenvalue weighted by Crippen LogP contribution is -2.61. The molecule has 158 valence electrons. The second-order valence-corrected chi connectivity index (χ2v) is 11.0. The van der Waals surface area contributed by atoms with E-state index in [9.17, 15) is 5.11 Å². The molecule has 5 heteroatoms. The van der Waals surface area contributed by atoms with E-state index in [1.807, 2.05) is 0 Å². The molecule has 0 bridgehead atoms. The molecule has 0 amide bonds. The molecule has 4 aliphatic carbocycles. The average Bonchev–Trinajstić information content (AvgIpc) is 3.39. The van der Waals surface area contributed by atoms with Crippen LogP contribution in [0.15, 0.2) is 0 Å². The van der Waals surface area contributed by atoms with E-state index in [-0.39, 0.29) is 22.7 Å². The SMILES string of the molecule is C[C@]12CCC3(C[C@@H]1[C@@H](O)C[C@@H]1[C@@H]2CC[C@@]2(C)[C@H]1CCC21OCCO1)OCCO3. The Morgan fingerprint density at radius 1 is 0.750 bits per heavy atom. The molecule has 28 heavy (non-hydrogen) atoms. The Kier molecular flexibility index (Phi) is 3.94. The van der Waals surface area contributed by atoms with E-state index >= 15 is 0 Å². The van der Waals surface area contributed by atoms with Gasteiger partial charge in [-0.1, -0.05) is 13.8 Å². The molecule has 6 rings (SSSR count). The van der Waals surface area contributed by atoms with E-state index in [1.165, 1.54) is 19.3 Å². The maximum Gasteiger partial charge on any atom is 0.174 e. The van der Waals surface area contributed by atoms with Crippen molar-refractivity contribution in [2.45, 2.75) is 82.9 Å². The van der Waals surface area contributed by atoms with E-state index in [0.29, 0.717) is 36.9 Å². The second-order valence-electron chi connectivity index (χ2n) is 11.0. The quantitative estimate of drug-likeness (QED) is 0.684. The first kappa shape index (κ1) is 18.6. The van der Waals surface area contributed by atoms with Gasteiger partial charge < -0.3 is 24.1 Å². The number of hydrogen-bond acceptors (Lipinski definition) is 5. The topological polar surface area (TPSA) is 57.2 Å². The van der Waals surface area contributed by atoms with Crippen molar-refractivity contribution in [3.8, 4) is 0 Å². The lowest BCUT2D eigenvalue weighted by atomic mass is 9.44. The van der Waals surface area contributed by atoms with Gasteiger partial charge in [-0.2, -0.15) is 0 Å². The zero-order valence-corrected chi connectivity index (χ0v) is 17.5. The van der Waals surface area contributed by atoms with Crippen LogP contribution < -0.4 is 0 Å². The van der Waals surface area contributed by atoms with Gasteiger partial charge in [-0.05, 0) is 61.2 Å². The monoisotopic (exact) mass is 392 g/mol. The zero-order valence-electron chi connectivity index (χ0n) is 17.5. The highest BCUT2D eigenvalue weighted by molar-refractivity contribution is 5.14. The van der Waals surface area contributed by atoms with Crippen LogP contribution in [0.1, 0.15) is 65.2 Å². The Bertz CT molecular complexity index is 639. The number of hydrogen-bond donors (Lipinski definition) is 1. The number of aliphatic hydroxyl groups excluding tert-OH is 1. The van der Waals surface area contributed by atoms with Crippen molar-refractivity contribution in [1.29, 1.82) is 0 Å². The predicted octanol–water partition coefficient (Wildman–Crippen LogP) is 3.49.